The SMILES string of the molecule is Cc1cccc(Cn2ccc(NC(=O)CCn3cc(Br)cn3)n2)c1. The van der Waals surface area contributed by atoms with E-state index < -0.39 is 0 Å². The van der Waals surface area contributed by atoms with E-state index in [0.29, 0.717) is 25.3 Å². The minimum Gasteiger partial charge on any atom is -0.309 e. The lowest BCUT2D eigenvalue weighted by molar-refractivity contribution is -0.116. The molecular formula is C17H18BrN5O. The van der Waals surface area contributed by atoms with Gasteiger partial charge >= 0.3 is 0 Å². The van der Waals surface area contributed by atoms with Gasteiger partial charge in [0.1, 0.15) is 0 Å². The second-order valence-electron chi connectivity index (χ2n) is 5.61. The van der Waals surface area contributed by atoms with Crippen LogP contribution in [0.2, 0.25) is 0 Å². The second kappa shape index (κ2) is 7.44. The first-order valence-corrected chi connectivity index (χ1v) is 8.44. The number of anilines is 1. The Morgan fingerprint density at radius 1 is 1.29 bits per heavy atom. The van der Waals surface area contributed by atoms with Crippen LogP contribution in [0.4, 0.5) is 5.82 Å². The van der Waals surface area contributed by atoms with E-state index in [1.807, 2.05) is 23.1 Å². The standard InChI is InChI=1S/C17H18BrN5O/c1-13-3-2-4-14(9-13)11-23-7-5-16(21-23)20-17(24)6-8-22-12-15(18)10-19-22/h2-5,7,9-10,12H,6,8,11H2,1H3,(H,20,21,24). The van der Waals surface area contributed by atoms with E-state index in [2.05, 4.69) is 56.6 Å². The van der Waals surface area contributed by atoms with E-state index >= 15 is 0 Å². The lowest BCUT2D eigenvalue weighted by Gasteiger charge is -2.04. The Kier molecular flexibility index (Phi) is 5.10. The number of amides is 1. The van der Waals surface area contributed by atoms with Gasteiger partial charge in [-0.2, -0.15) is 10.2 Å². The van der Waals surface area contributed by atoms with Crippen molar-refractivity contribution in [3.8, 4) is 0 Å². The van der Waals surface area contributed by atoms with Crippen LogP contribution in [0.25, 0.3) is 0 Å². The molecule has 0 radical (unpaired) electrons. The molecule has 0 fully saturated rings. The van der Waals surface area contributed by atoms with Crippen LogP contribution in [0.1, 0.15) is 17.5 Å². The zero-order valence-electron chi connectivity index (χ0n) is 13.3. The van der Waals surface area contributed by atoms with Crippen LogP contribution in [0.5, 0.6) is 0 Å². The lowest BCUT2D eigenvalue weighted by atomic mass is 10.1. The molecule has 6 nitrogen and oxygen atoms in total. The fraction of sp³-hybridized carbons (Fsp3) is 0.235. The molecule has 124 valence electrons. The lowest BCUT2D eigenvalue weighted by Crippen LogP contribution is -2.15. The molecular weight excluding hydrogens is 370 g/mol. The van der Waals surface area contributed by atoms with Gasteiger partial charge in [0, 0.05) is 31.4 Å². The molecule has 1 amide bonds. The van der Waals surface area contributed by atoms with Gasteiger partial charge < -0.3 is 5.32 Å². The molecule has 1 N–H and O–H groups in total. The van der Waals surface area contributed by atoms with Gasteiger partial charge in [-0.25, -0.2) is 0 Å². The first-order valence-electron chi connectivity index (χ1n) is 7.65. The van der Waals surface area contributed by atoms with Crippen LogP contribution in [0, 0.1) is 6.92 Å². The maximum absolute atomic E-state index is 12.0. The molecule has 0 atom stereocenters. The molecule has 3 aromatic rings. The van der Waals surface area contributed by atoms with Crippen molar-refractivity contribution in [1.82, 2.24) is 19.6 Å². The number of hydrogen-bond acceptors (Lipinski definition) is 3. The Morgan fingerprint density at radius 3 is 2.92 bits per heavy atom. The van der Waals surface area contributed by atoms with Crippen LogP contribution >= 0.6 is 15.9 Å². The van der Waals surface area contributed by atoms with E-state index in [0.717, 1.165) is 4.47 Å². The van der Waals surface area contributed by atoms with Gasteiger partial charge in [-0.3, -0.25) is 14.2 Å². The highest BCUT2D eigenvalue weighted by Crippen LogP contribution is 2.10. The van der Waals surface area contributed by atoms with Crippen molar-refractivity contribution < 1.29 is 4.79 Å². The zero-order chi connectivity index (χ0) is 16.9. The molecule has 2 aromatic heterocycles. The average molecular weight is 388 g/mol. The molecule has 2 heterocycles. The number of carbonyl (C=O) groups is 1. The molecule has 0 saturated heterocycles. The minimum atomic E-state index is -0.0811. The fourth-order valence-corrected chi connectivity index (χ4v) is 2.72. The second-order valence-corrected chi connectivity index (χ2v) is 6.52. The van der Waals surface area contributed by atoms with Gasteiger partial charge in [0.05, 0.1) is 17.2 Å². The number of hydrogen-bond donors (Lipinski definition) is 1. The summed E-state index contributed by atoms with van der Waals surface area (Å²) in [5.74, 6) is 0.483. The Hall–Kier alpha value is -2.41. The molecule has 0 spiro atoms. The van der Waals surface area contributed by atoms with E-state index in [1.54, 1.807) is 16.9 Å². The number of aromatic nitrogens is 4. The van der Waals surface area contributed by atoms with Crippen LogP contribution < -0.4 is 5.32 Å². The number of nitrogens with zero attached hydrogens (tertiary/aromatic N) is 4. The third kappa shape index (κ3) is 4.55. The maximum Gasteiger partial charge on any atom is 0.227 e. The summed E-state index contributed by atoms with van der Waals surface area (Å²) in [6.45, 7) is 3.27. The highest BCUT2D eigenvalue weighted by atomic mass is 79.9. The highest BCUT2D eigenvalue weighted by Gasteiger charge is 2.06. The molecule has 0 unspecified atom stereocenters. The van der Waals surface area contributed by atoms with E-state index in [1.165, 1.54) is 11.1 Å². The van der Waals surface area contributed by atoms with Crippen molar-refractivity contribution in [3.05, 3.63) is 64.5 Å². The smallest absolute Gasteiger partial charge is 0.227 e. The third-order valence-corrected chi connectivity index (χ3v) is 3.91. The van der Waals surface area contributed by atoms with Crippen molar-refractivity contribution in [2.75, 3.05) is 5.32 Å². The molecule has 3 rings (SSSR count). The van der Waals surface area contributed by atoms with Gasteiger partial charge in [0.25, 0.3) is 0 Å². The zero-order valence-corrected chi connectivity index (χ0v) is 14.9. The molecule has 24 heavy (non-hydrogen) atoms. The molecule has 0 aliphatic rings. The number of carbonyl (C=O) groups excluding carboxylic acids is 1. The average Bonchev–Trinajstić information content (AvgIpc) is 3.14. The Morgan fingerprint density at radius 2 is 2.17 bits per heavy atom. The summed E-state index contributed by atoms with van der Waals surface area (Å²) in [4.78, 5) is 12.0. The fourth-order valence-electron chi connectivity index (χ4n) is 2.40. The number of rotatable bonds is 6. The maximum atomic E-state index is 12.0. The van der Waals surface area contributed by atoms with Gasteiger partial charge in [-0.15, -0.1) is 0 Å². The summed E-state index contributed by atoms with van der Waals surface area (Å²) in [6, 6.07) is 10.1. The van der Waals surface area contributed by atoms with E-state index in [4.69, 9.17) is 0 Å². The quantitative estimate of drug-likeness (QED) is 0.705. The van der Waals surface area contributed by atoms with Crippen LogP contribution in [0.15, 0.2) is 53.4 Å². The number of nitrogens with one attached hydrogen (secondary N) is 1. The van der Waals surface area contributed by atoms with Crippen molar-refractivity contribution in [3.63, 3.8) is 0 Å². The molecule has 0 aliphatic carbocycles. The van der Waals surface area contributed by atoms with Crippen LogP contribution in [-0.2, 0) is 17.9 Å². The van der Waals surface area contributed by atoms with Crippen molar-refractivity contribution in [2.45, 2.75) is 26.4 Å². The summed E-state index contributed by atoms with van der Waals surface area (Å²) in [5, 5.41) is 11.3. The summed E-state index contributed by atoms with van der Waals surface area (Å²) >= 11 is 3.33. The normalized spacial score (nSPS) is 10.8. The molecule has 7 heteroatoms. The van der Waals surface area contributed by atoms with Gasteiger partial charge in [0.2, 0.25) is 5.91 Å². The molecule has 1 aromatic carbocycles. The number of aryl methyl sites for hydroxylation is 2. The highest BCUT2D eigenvalue weighted by molar-refractivity contribution is 9.10. The predicted octanol–water partition coefficient (Wildman–Crippen LogP) is 3.23. The number of halogens is 1. The Balaban J connectivity index is 1.52. The molecule has 0 saturated carbocycles. The molecule has 0 bridgehead atoms. The monoisotopic (exact) mass is 387 g/mol. The van der Waals surface area contributed by atoms with Gasteiger partial charge in [0.15, 0.2) is 5.82 Å². The van der Waals surface area contributed by atoms with Crippen LogP contribution in [-0.4, -0.2) is 25.5 Å². The summed E-state index contributed by atoms with van der Waals surface area (Å²) in [5.41, 5.74) is 2.40. The minimum absolute atomic E-state index is 0.0811. The van der Waals surface area contributed by atoms with E-state index in [9.17, 15) is 4.79 Å². The van der Waals surface area contributed by atoms with Crippen molar-refractivity contribution in [1.29, 1.82) is 0 Å². The predicted molar refractivity (Wildman–Crippen MR) is 95.7 cm³/mol. The number of benzene rings is 1. The third-order valence-electron chi connectivity index (χ3n) is 3.50. The van der Waals surface area contributed by atoms with Gasteiger partial charge in [-0.05, 0) is 28.4 Å². The summed E-state index contributed by atoms with van der Waals surface area (Å²) in [7, 11) is 0. The van der Waals surface area contributed by atoms with Gasteiger partial charge in [-0.1, -0.05) is 29.8 Å². The summed E-state index contributed by atoms with van der Waals surface area (Å²) < 4.78 is 4.44. The first kappa shape index (κ1) is 16.4. The largest absolute Gasteiger partial charge is 0.309 e. The van der Waals surface area contributed by atoms with E-state index in [-0.39, 0.29) is 5.91 Å². The Labute approximate surface area is 148 Å². The van der Waals surface area contributed by atoms with Crippen molar-refractivity contribution in [2.24, 2.45) is 0 Å². The molecule has 0 aliphatic heterocycles. The summed E-state index contributed by atoms with van der Waals surface area (Å²) in [6.07, 6.45) is 5.75. The topological polar surface area (TPSA) is 64.7 Å². The Bertz CT molecular complexity index is 839. The van der Waals surface area contributed by atoms with Crippen LogP contribution in [0.3, 0.4) is 0 Å². The van der Waals surface area contributed by atoms with Crippen molar-refractivity contribution >= 4 is 27.7 Å². The first-order chi connectivity index (χ1) is 11.6.